The topological polar surface area (TPSA) is 9.23 Å². The van der Waals surface area contributed by atoms with E-state index in [1.165, 1.54) is 82.6 Å². The normalized spacial score (nSPS) is 29.7. The molecule has 33 heavy (non-hydrogen) atoms. The van der Waals surface area contributed by atoms with Gasteiger partial charge in [-0.1, -0.05) is 69.7 Å². The summed E-state index contributed by atoms with van der Waals surface area (Å²) in [5.74, 6) is 2.90. The number of rotatable bonds is 10. The van der Waals surface area contributed by atoms with E-state index in [2.05, 4.69) is 38.1 Å². The van der Waals surface area contributed by atoms with Crippen molar-refractivity contribution >= 4 is 0 Å². The molecule has 0 heterocycles. The van der Waals surface area contributed by atoms with E-state index in [9.17, 15) is 0 Å². The third-order valence-corrected chi connectivity index (χ3v) is 9.07. The molecule has 3 aliphatic carbocycles. The maximum Gasteiger partial charge on any atom is 0.130 e. The number of halogens is 1. The van der Waals surface area contributed by atoms with Crippen molar-refractivity contribution in [3.8, 4) is 0 Å². The third-order valence-electron chi connectivity index (χ3n) is 9.07. The van der Waals surface area contributed by atoms with E-state index < -0.39 is 0 Å². The molecular formula is C31H47FO. The predicted octanol–water partition coefficient (Wildman–Crippen LogP) is 8.94. The molecule has 0 amide bonds. The van der Waals surface area contributed by atoms with Crippen LogP contribution < -0.4 is 0 Å². The molecule has 0 bridgehead atoms. The van der Waals surface area contributed by atoms with Crippen LogP contribution in [0.25, 0.3) is 0 Å². The summed E-state index contributed by atoms with van der Waals surface area (Å²) in [5, 5.41) is 0. The number of unbranched alkanes of at least 4 members (excludes halogenated alkanes) is 4. The first-order chi connectivity index (χ1) is 16.2. The van der Waals surface area contributed by atoms with Crippen molar-refractivity contribution in [3.05, 3.63) is 46.8 Å². The zero-order valence-electron chi connectivity index (χ0n) is 21.3. The zero-order chi connectivity index (χ0) is 23.0. The highest BCUT2D eigenvalue weighted by molar-refractivity contribution is 5.38. The number of allylic oxidation sites excluding steroid dienone is 1. The first-order valence-electron chi connectivity index (χ1n) is 14.2. The number of benzene rings is 1. The molecule has 1 aromatic carbocycles. The Morgan fingerprint density at radius 1 is 0.970 bits per heavy atom. The van der Waals surface area contributed by atoms with E-state index in [-0.39, 0.29) is 5.82 Å². The minimum Gasteiger partial charge on any atom is -0.374 e. The minimum absolute atomic E-state index is 0.167. The highest BCUT2D eigenvalue weighted by Crippen LogP contribution is 2.47. The Bertz CT molecular complexity index is 768. The second kappa shape index (κ2) is 12.5. The standard InChI is InChI=1S/C31H47FO/c1-3-5-7-8-9-10-23-11-17-29-26(20-23)15-18-30(31(29)32)27-13-12-25-22-28(33-19-6-4-2)16-14-24(25)21-27/h4,6,15,18,23-25,27-28H,3,5,7-14,16-17,19-22H2,1-2H3/b6-4+. The predicted molar refractivity (Wildman–Crippen MR) is 137 cm³/mol. The van der Waals surface area contributed by atoms with E-state index in [0.29, 0.717) is 12.0 Å². The van der Waals surface area contributed by atoms with Crippen LogP contribution in [-0.2, 0) is 17.6 Å². The van der Waals surface area contributed by atoms with Gasteiger partial charge in [0.2, 0.25) is 0 Å². The Morgan fingerprint density at radius 3 is 2.64 bits per heavy atom. The quantitative estimate of drug-likeness (QED) is 0.253. The summed E-state index contributed by atoms with van der Waals surface area (Å²) in [4.78, 5) is 0. The SMILES string of the molecule is C/C=C/COC1CCC2CC(c3ccc4c(c3F)CCC(CCCCCCC)C4)CCC2C1. The zero-order valence-corrected chi connectivity index (χ0v) is 21.3. The van der Waals surface area contributed by atoms with Crippen LogP contribution in [0.4, 0.5) is 4.39 Å². The lowest BCUT2D eigenvalue weighted by Crippen LogP contribution is -2.34. The van der Waals surface area contributed by atoms with Crippen LogP contribution in [0.15, 0.2) is 24.3 Å². The van der Waals surface area contributed by atoms with Crippen molar-refractivity contribution in [1.82, 2.24) is 0 Å². The maximum absolute atomic E-state index is 15.7. The number of hydrogen-bond donors (Lipinski definition) is 0. The molecule has 0 aliphatic heterocycles. The number of hydrogen-bond acceptors (Lipinski definition) is 1. The fourth-order valence-electron chi connectivity index (χ4n) is 7.07. The van der Waals surface area contributed by atoms with E-state index in [1.807, 2.05) is 0 Å². The van der Waals surface area contributed by atoms with Crippen molar-refractivity contribution in [1.29, 1.82) is 0 Å². The fourth-order valence-corrected chi connectivity index (χ4v) is 7.07. The average molecular weight is 455 g/mol. The van der Waals surface area contributed by atoms with Gasteiger partial charge >= 0.3 is 0 Å². The Hall–Kier alpha value is -1.15. The van der Waals surface area contributed by atoms with E-state index in [1.54, 1.807) is 0 Å². The van der Waals surface area contributed by atoms with Gasteiger partial charge in [0, 0.05) is 0 Å². The summed E-state index contributed by atoms with van der Waals surface area (Å²) in [7, 11) is 0. The van der Waals surface area contributed by atoms with Crippen LogP contribution in [-0.4, -0.2) is 12.7 Å². The molecule has 0 radical (unpaired) electrons. The van der Waals surface area contributed by atoms with Crippen LogP contribution in [0.5, 0.6) is 0 Å². The summed E-state index contributed by atoms with van der Waals surface area (Å²) in [5.41, 5.74) is 3.42. The van der Waals surface area contributed by atoms with E-state index in [0.717, 1.165) is 54.7 Å². The average Bonchev–Trinajstić information content (AvgIpc) is 2.84. The summed E-state index contributed by atoms with van der Waals surface area (Å²) < 4.78 is 21.8. The van der Waals surface area contributed by atoms with Crippen LogP contribution in [0.3, 0.4) is 0 Å². The van der Waals surface area contributed by atoms with Gasteiger partial charge in [-0.15, -0.1) is 0 Å². The lowest BCUT2D eigenvalue weighted by atomic mass is 9.65. The second-order valence-electron chi connectivity index (χ2n) is 11.3. The molecule has 2 saturated carbocycles. The minimum atomic E-state index is 0.167. The molecule has 0 spiro atoms. The highest BCUT2D eigenvalue weighted by atomic mass is 19.1. The molecule has 0 N–H and O–H groups in total. The first kappa shape index (κ1) is 25.0. The van der Waals surface area contributed by atoms with Gasteiger partial charge in [0.25, 0.3) is 0 Å². The molecule has 4 rings (SSSR count). The Morgan fingerprint density at radius 2 is 1.79 bits per heavy atom. The van der Waals surface area contributed by atoms with Crippen molar-refractivity contribution in [2.75, 3.05) is 6.61 Å². The molecule has 184 valence electrons. The van der Waals surface area contributed by atoms with Gasteiger partial charge < -0.3 is 4.74 Å². The van der Waals surface area contributed by atoms with Crippen LogP contribution in [0.1, 0.15) is 120 Å². The van der Waals surface area contributed by atoms with Crippen molar-refractivity contribution in [3.63, 3.8) is 0 Å². The summed E-state index contributed by atoms with van der Waals surface area (Å²) in [6.07, 6.45) is 23.2. The number of ether oxygens (including phenoxy) is 1. The van der Waals surface area contributed by atoms with Gasteiger partial charge in [0.1, 0.15) is 5.82 Å². The van der Waals surface area contributed by atoms with Crippen LogP contribution in [0.2, 0.25) is 0 Å². The number of fused-ring (bicyclic) bond motifs is 2. The summed E-state index contributed by atoms with van der Waals surface area (Å²) in [6, 6.07) is 4.48. The maximum atomic E-state index is 15.7. The highest BCUT2D eigenvalue weighted by Gasteiger charge is 2.37. The largest absolute Gasteiger partial charge is 0.374 e. The smallest absolute Gasteiger partial charge is 0.130 e. The molecule has 1 nitrogen and oxygen atoms in total. The van der Waals surface area contributed by atoms with Gasteiger partial charge in [0.05, 0.1) is 12.7 Å². The fraction of sp³-hybridized carbons (Fsp3) is 0.742. The molecule has 3 aliphatic rings. The molecule has 2 heteroatoms. The van der Waals surface area contributed by atoms with Gasteiger partial charge in [-0.3, -0.25) is 0 Å². The molecule has 2 fully saturated rings. The molecule has 0 saturated heterocycles. The van der Waals surface area contributed by atoms with Gasteiger partial charge in [-0.25, -0.2) is 4.39 Å². The molecule has 1 aromatic rings. The van der Waals surface area contributed by atoms with Gasteiger partial charge in [-0.05, 0) is 105 Å². The van der Waals surface area contributed by atoms with Crippen molar-refractivity contribution < 1.29 is 9.13 Å². The van der Waals surface area contributed by atoms with Crippen LogP contribution >= 0.6 is 0 Å². The third kappa shape index (κ3) is 6.50. The molecule has 5 unspecified atom stereocenters. The first-order valence-corrected chi connectivity index (χ1v) is 14.2. The Balaban J connectivity index is 1.30. The van der Waals surface area contributed by atoms with Crippen molar-refractivity contribution in [2.24, 2.45) is 17.8 Å². The molecule has 5 atom stereocenters. The molecule has 0 aromatic heterocycles. The Kier molecular flexibility index (Phi) is 9.47. The van der Waals surface area contributed by atoms with Gasteiger partial charge in [0.15, 0.2) is 0 Å². The lowest BCUT2D eigenvalue weighted by Gasteiger charge is -2.42. The van der Waals surface area contributed by atoms with E-state index >= 15 is 4.39 Å². The van der Waals surface area contributed by atoms with Crippen molar-refractivity contribution in [2.45, 2.75) is 122 Å². The Labute approximate surface area is 202 Å². The van der Waals surface area contributed by atoms with E-state index in [4.69, 9.17) is 4.74 Å². The monoisotopic (exact) mass is 454 g/mol. The summed E-state index contributed by atoms with van der Waals surface area (Å²) >= 11 is 0. The second-order valence-corrected chi connectivity index (χ2v) is 11.3. The van der Waals surface area contributed by atoms with Gasteiger partial charge in [-0.2, -0.15) is 0 Å². The lowest BCUT2D eigenvalue weighted by molar-refractivity contribution is -0.00335. The summed E-state index contributed by atoms with van der Waals surface area (Å²) in [6.45, 7) is 5.08. The molecular weight excluding hydrogens is 407 g/mol. The van der Waals surface area contributed by atoms with Crippen LogP contribution in [0, 0.1) is 23.6 Å².